The van der Waals surface area contributed by atoms with Gasteiger partial charge in [0.2, 0.25) is 0 Å². The number of halogens is 2. The largest absolute Gasteiger partial charge is 0.283 e. The maximum absolute atomic E-state index is 5.98. The van der Waals surface area contributed by atoms with Crippen LogP contribution in [-0.2, 0) is 0 Å². The van der Waals surface area contributed by atoms with Gasteiger partial charge in [0.25, 0.3) is 0 Å². The van der Waals surface area contributed by atoms with E-state index < -0.39 is 0 Å². The maximum atomic E-state index is 5.98. The molecule has 1 N–H and O–H groups in total. The quantitative estimate of drug-likeness (QED) is 0.784. The third-order valence-electron chi connectivity index (χ3n) is 2.24. The van der Waals surface area contributed by atoms with Crippen molar-refractivity contribution < 1.29 is 0 Å². The van der Waals surface area contributed by atoms with Crippen molar-refractivity contribution >= 4 is 23.2 Å². The van der Waals surface area contributed by atoms with Crippen LogP contribution >= 0.6 is 23.2 Å². The highest BCUT2D eigenvalue weighted by Gasteiger charge is 2.17. The van der Waals surface area contributed by atoms with E-state index in [1.54, 1.807) is 0 Å². The summed E-state index contributed by atoms with van der Waals surface area (Å²) in [4.78, 5) is 0. The number of aryl methyl sites for hydroxylation is 1. The van der Waals surface area contributed by atoms with Gasteiger partial charge in [0, 0.05) is 16.6 Å². The van der Waals surface area contributed by atoms with Crippen molar-refractivity contribution in [2.24, 2.45) is 0 Å². The molecule has 1 heterocycles. The Kier molecular flexibility index (Phi) is 2.66. The Morgan fingerprint density at radius 1 is 1.50 bits per heavy atom. The molecule has 0 saturated carbocycles. The third-order valence-corrected chi connectivity index (χ3v) is 3.05. The summed E-state index contributed by atoms with van der Waals surface area (Å²) in [7, 11) is 0. The molecule has 0 saturated heterocycles. The fourth-order valence-corrected chi connectivity index (χ4v) is 1.86. The number of allylic oxidation sites excluding steroid dienone is 4. The lowest BCUT2D eigenvalue weighted by Gasteiger charge is -2.14. The van der Waals surface area contributed by atoms with Crippen molar-refractivity contribution in [2.45, 2.75) is 19.3 Å². The summed E-state index contributed by atoms with van der Waals surface area (Å²) in [6, 6.07) is 2.03. The second kappa shape index (κ2) is 3.79. The van der Waals surface area contributed by atoms with E-state index in [4.69, 9.17) is 23.2 Å². The molecule has 0 aromatic carbocycles. The van der Waals surface area contributed by atoms with Crippen LogP contribution in [0.25, 0.3) is 0 Å². The first kappa shape index (κ1) is 9.81. The topological polar surface area (TPSA) is 28.7 Å². The van der Waals surface area contributed by atoms with Gasteiger partial charge < -0.3 is 0 Å². The number of nitrogens with zero attached hydrogens (tertiary/aromatic N) is 1. The molecule has 0 spiro atoms. The lowest BCUT2D eigenvalue weighted by molar-refractivity contribution is 0.794. The van der Waals surface area contributed by atoms with Gasteiger partial charge in [0.15, 0.2) is 0 Å². The summed E-state index contributed by atoms with van der Waals surface area (Å²) in [6.45, 7) is 1.98. The molecule has 4 heteroatoms. The molecule has 1 unspecified atom stereocenters. The van der Waals surface area contributed by atoms with E-state index in [0.717, 1.165) is 17.8 Å². The minimum atomic E-state index is 0.245. The van der Waals surface area contributed by atoms with Crippen LogP contribution in [-0.4, -0.2) is 10.2 Å². The van der Waals surface area contributed by atoms with E-state index in [9.17, 15) is 0 Å². The van der Waals surface area contributed by atoms with Crippen molar-refractivity contribution in [3.05, 3.63) is 39.7 Å². The summed E-state index contributed by atoms with van der Waals surface area (Å²) in [5.74, 6) is 0.245. The van der Waals surface area contributed by atoms with E-state index in [2.05, 4.69) is 10.2 Å². The van der Waals surface area contributed by atoms with Crippen molar-refractivity contribution in [1.82, 2.24) is 10.2 Å². The van der Waals surface area contributed by atoms with Crippen LogP contribution in [0.4, 0.5) is 0 Å². The summed E-state index contributed by atoms with van der Waals surface area (Å²) < 4.78 is 0. The van der Waals surface area contributed by atoms with E-state index in [0.29, 0.717) is 10.1 Å². The smallest absolute Gasteiger partial charge is 0.0697 e. The Bertz CT molecular complexity index is 404. The van der Waals surface area contributed by atoms with Gasteiger partial charge in [-0.1, -0.05) is 29.3 Å². The molecule has 0 amide bonds. The standard InChI is InChI=1S/C10H10Cl2N2/c1-6-4-10(14-13-6)7-2-3-8(11)9(12)5-7/h2-4,7H,5H2,1H3,(H,13,14). The van der Waals surface area contributed by atoms with Gasteiger partial charge in [-0.3, -0.25) is 5.10 Å². The highest BCUT2D eigenvalue weighted by atomic mass is 35.5. The first-order chi connectivity index (χ1) is 6.66. The third kappa shape index (κ3) is 1.86. The molecule has 1 aliphatic rings. The van der Waals surface area contributed by atoms with Gasteiger partial charge in [0.1, 0.15) is 0 Å². The molecule has 0 fully saturated rings. The lowest BCUT2D eigenvalue weighted by Crippen LogP contribution is -2.00. The average Bonchev–Trinajstić information content (AvgIpc) is 2.57. The molecular formula is C10H10Cl2N2. The monoisotopic (exact) mass is 228 g/mol. The number of nitrogens with one attached hydrogen (secondary N) is 1. The molecule has 14 heavy (non-hydrogen) atoms. The highest BCUT2D eigenvalue weighted by molar-refractivity contribution is 6.40. The highest BCUT2D eigenvalue weighted by Crippen LogP contribution is 2.33. The van der Waals surface area contributed by atoms with Crippen LogP contribution < -0.4 is 0 Å². The molecule has 0 radical (unpaired) electrons. The van der Waals surface area contributed by atoms with Crippen LogP contribution in [0.1, 0.15) is 23.7 Å². The second-order valence-corrected chi connectivity index (χ2v) is 4.26. The lowest BCUT2D eigenvalue weighted by atomic mass is 9.97. The first-order valence-corrected chi connectivity index (χ1v) is 5.16. The van der Waals surface area contributed by atoms with E-state index in [-0.39, 0.29) is 5.92 Å². The molecule has 1 aromatic heterocycles. The zero-order chi connectivity index (χ0) is 10.1. The molecule has 0 aliphatic heterocycles. The van der Waals surface area contributed by atoms with Gasteiger partial charge in [-0.15, -0.1) is 0 Å². The minimum absolute atomic E-state index is 0.245. The summed E-state index contributed by atoms with van der Waals surface area (Å²) in [5, 5.41) is 8.46. The predicted molar refractivity (Wildman–Crippen MR) is 58.6 cm³/mol. The zero-order valence-electron chi connectivity index (χ0n) is 7.72. The summed E-state index contributed by atoms with van der Waals surface area (Å²) in [6.07, 6.45) is 4.60. The van der Waals surface area contributed by atoms with Crippen molar-refractivity contribution in [3.8, 4) is 0 Å². The number of rotatable bonds is 1. The van der Waals surface area contributed by atoms with Crippen LogP contribution in [0.15, 0.2) is 28.3 Å². The Morgan fingerprint density at radius 2 is 2.29 bits per heavy atom. The minimum Gasteiger partial charge on any atom is -0.283 e. The van der Waals surface area contributed by atoms with Crippen molar-refractivity contribution in [3.63, 3.8) is 0 Å². The number of hydrogen-bond acceptors (Lipinski definition) is 1. The SMILES string of the molecule is Cc1cc(C2C=CC(Cl)=C(Cl)C2)n[nH]1. The Balaban J connectivity index is 2.21. The van der Waals surface area contributed by atoms with Gasteiger partial charge in [-0.25, -0.2) is 0 Å². The Labute approximate surface area is 92.6 Å². The molecule has 0 bridgehead atoms. The molecular weight excluding hydrogens is 219 g/mol. The maximum Gasteiger partial charge on any atom is 0.0697 e. The Morgan fingerprint density at radius 3 is 2.86 bits per heavy atom. The Hall–Kier alpha value is -0.730. The van der Waals surface area contributed by atoms with Crippen LogP contribution in [0.2, 0.25) is 0 Å². The van der Waals surface area contributed by atoms with Gasteiger partial charge >= 0.3 is 0 Å². The predicted octanol–water partition coefficient (Wildman–Crippen LogP) is 3.45. The molecule has 2 rings (SSSR count). The second-order valence-electron chi connectivity index (χ2n) is 3.40. The zero-order valence-corrected chi connectivity index (χ0v) is 9.23. The molecule has 1 aliphatic carbocycles. The number of hydrogen-bond donors (Lipinski definition) is 1. The number of aromatic amines is 1. The van der Waals surface area contributed by atoms with E-state index in [1.165, 1.54) is 0 Å². The van der Waals surface area contributed by atoms with E-state index in [1.807, 2.05) is 25.1 Å². The molecule has 1 atom stereocenters. The van der Waals surface area contributed by atoms with E-state index >= 15 is 0 Å². The number of H-pyrrole nitrogens is 1. The van der Waals surface area contributed by atoms with Crippen molar-refractivity contribution in [1.29, 1.82) is 0 Å². The number of aromatic nitrogens is 2. The van der Waals surface area contributed by atoms with Crippen LogP contribution in [0.5, 0.6) is 0 Å². The van der Waals surface area contributed by atoms with Crippen LogP contribution in [0.3, 0.4) is 0 Å². The average molecular weight is 229 g/mol. The van der Waals surface area contributed by atoms with Crippen LogP contribution in [0, 0.1) is 6.92 Å². The summed E-state index contributed by atoms with van der Waals surface area (Å²) in [5.41, 5.74) is 2.08. The van der Waals surface area contributed by atoms with Gasteiger partial charge in [-0.2, -0.15) is 5.10 Å². The fourth-order valence-electron chi connectivity index (χ4n) is 1.48. The first-order valence-electron chi connectivity index (χ1n) is 4.41. The van der Waals surface area contributed by atoms with Gasteiger partial charge in [0.05, 0.1) is 10.7 Å². The van der Waals surface area contributed by atoms with Crippen molar-refractivity contribution in [2.75, 3.05) is 0 Å². The van der Waals surface area contributed by atoms with Gasteiger partial charge in [-0.05, 0) is 25.5 Å². The molecule has 1 aromatic rings. The molecule has 2 nitrogen and oxygen atoms in total. The summed E-state index contributed by atoms with van der Waals surface area (Å²) >= 11 is 11.8. The fraction of sp³-hybridized carbons (Fsp3) is 0.300. The molecule has 74 valence electrons. The normalized spacial score (nSPS) is 21.8.